The zero-order valence-electron chi connectivity index (χ0n) is 12.9. The predicted molar refractivity (Wildman–Crippen MR) is 79.7 cm³/mol. The number of carbonyl (C=O) groups excluding carboxylic acids is 1. The average Bonchev–Trinajstić information content (AvgIpc) is 2.52. The second-order valence-electron chi connectivity index (χ2n) is 4.59. The average molecular weight is 310 g/mol. The maximum absolute atomic E-state index is 12.6. The number of hydrogen-bond acceptors (Lipinski definition) is 6. The molecule has 0 bridgehead atoms. The van der Waals surface area contributed by atoms with Crippen molar-refractivity contribution in [3.63, 3.8) is 0 Å². The number of carbonyl (C=O) groups is 1. The highest BCUT2D eigenvalue weighted by Crippen LogP contribution is 2.30. The van der Waals surface area contributed by atoms with Crippen molar-refractivity contribution in [2.45, 2.75) is 32.8 Å². The third kappa shape index (κ3) is 3.82. The molecule has 0 radical (unpaired) electrons. The van der Waals surface area contributed by atoms with E-state index < -0.39 is 12.6 Å². The first-order valence-corrected chi connectivity index (χ1v) is 7.34. The van der Waals surface area contributed by atoms with Gasteiger partial charge in [0.25, 0.3) is 12.4 Å². The van der Waals surface area contributed by atoms with Crippen LogP contribution in [-0.4, -0.2) is 38.4 Å². The fourth-order valence-electron chi connectivity index (χ4n) is 2.27. The van der Waals surface area contributed by atoms with Crippen molar-refractivity contribution in [1.82, 2.24) is 0 Å². The van der Waals surface area contributed by atoms with Gasteiger partial charge in [0.1, 0.15) is 6.10 Å². The summed E-state index contributed by atoms with van der Waals surface area (Å²) in [5.74, 6) is -0.286. The number of fused-ring (bicyclic) bond motifs is 1. The number of nitrogens with two attached hydrogens (primary N) is 1. The Hall–Kier alpha value is -1.51. The van der Waals surface area contributed by atoms with Gasteiger partial charge in [0.15, 0.2) is 0 Å². The summed E-state index contributed by atoms with van der Waals surface area (Å²) in [5.41, 5.74) is 6.98. The Morgan fingerprint density at radius 2 is 2.05 bits per heavy atom. The molecule has 0 saturated carbocycles. The summed E-state index contributed by atoms with van der Waals surface area (Å²) >= 11 is 0. The maximum atomic E-state index is 12.6. The van der Waals surface area contributed by atoms with E-state index in [-0.39, 0.29) is 12.6 Å². The van der Waals surface area contributed by atoms with Crippen molar-refractivity contribution in [2.24, 2.45) is 5.73 Å². The van der Waals surface area contributed by atoms with E-state index in [0.29, 0.717) is 25.3 Å². The van der Waals surface area contributed by atoms with Gasteiger partial charge in [-0.3, -0.25) is 4.79 Å². The molecule has 1 aromatic carbocycles. The summed E-state index contributed by atoms with van der Waals surface area (Å²) in [6.45, 7) is 3.32. The number of rotatable bonds is 8. The van der Waals surface area contributed by atoms with Gasteiger partial charge in [0.05, 0.1) is 12.4 Å². The zero-order chi connectivity index (χ0) is 15.9. The summed E-state index contributed by atoms with van der Waals surface area (Å²) in [4.78, 5) is 18.1. The Bertz CT molecular complexity index is 491. The monoisotopic (exact) mass is 310 g/mol. The van der Waals surface area contributed by atoms with Crippen LogP contribution in [0.4, 0.5) is 5.69 Å². The third-order valence-corrected chi connectivity index (χ3v) is 3.19. The lowest BCUT2D eigenvalue weighted by atomic mass is 10.0. The topological polar surface area (TPSA) is 83.3 Å². The van der Waals surface area contributed by atoms with E-state index >= 15 is 0 Å². The van der Waals surface area contributed by atoms with Gasteiger partial charge in [0.2, 0.25) is 0 Å². The quantitative estimate of drug-likeness (QED) is 0.726. The van der Waals surface area contributed by atoms with Crippen molar-refractivity contribution in [2.75, 3.05) is 25.0 Å². The lowest BCUT2D eigenvalue weighted by molar-refractivity contribution is -0.290. The van der Waals surface area contributed by atoms with Crippen LogP contribution >= 0.6 is 0 Å². The Balaban J connectivity index is 2.24. The van der Waals surface area contributed by atoms with E-state index in [2.05, 4.69) is 0 Å². The Labute approximate surface area is 129 Å². The smallest absolute Gasteiger partial charge is 0.296 e. The highest BCUT2D eigenvalue weighted by molar-refractivity contribution is 5.97. The first kappa shape index (κ1) is 16.9. The Morgan fingerprint density at radius 3 is 2.73 bits per heavy atom. The van der Waals surface area contributed by atoms with E-state index in [1.165, 1.54) is 5.06 Å². The second kappa shape index (κ2) is 8.21. The third-order valence-electron chi connectivity index (χ3n) is 3.19. The van der Waals surface area contributed by atoms with Crippen molar-refractivity contribution < 1.29 is 23.8 Å². The Kier molecular flexibility index (Phi) is 6.29. The number of ether oxygens (including phenoxy) is 3. The minimum atomic E-state index is -1.05. The zero-order valence-corrected chi connectivity index (χ0v) is 12.9. The van der Waals surface area contributed by atoms with Gasteiger partial charge < -0.3 is 19.9 Å². The molecule has 122 valence electrons. The van der Waals surface area contributed by atoms with Crippen molar-refractivity contribution in [3.8, 4) is 0 Å². The largest absolute Gasteiger partial charge is 0.368 e. The molecule has 2 rings (SSSR count). The van der Waals surface area contributed by atoms with Gasteiger partial charge >= 0.3 is 0 Å². The second-order valence-corrected chi connectivity index (χ2v) is 4.59. The number of nitrogens with zero attached hydrogens (tertiary/aromatic N) is 1. The van der Waals surface area contributed by atoms with E-state index in [0.717, 1.165) is 5.56 Å². The molecule has 22 heavy (non-hydrogen) atoms. The molecule has 7 nitrogen and oxygen atoms in total. The first-order chi connectivity index (χ1) is 10.7. The molecule has 2 atom stereocenters. The van der Waals surface area contributed by atoms with Crippen LogP contribution in [0, 0.1) is 0 Å². The van der Waals surface area contributed by atoms with Crippen LogP contribution in [0.1, 0.15) is 19.4 Å². The van der Waals surface area contributed by atoms with Gasteiger partial charge in [-0.25, -0.2) is 4.84 Å². The molecule has 1 aromatic rings. The van der Waals surface area contributed by atoms with Crippen LogP contribution in [0.5, 0.6) is 0 Å². The molecular formula is C15H22N2O5. The number of para-hydroxylation sites is 1. The summed E-state index contributed by atoms with van der Waals surface area (Å²) in [5, 5.41) is 1.18. The van der Waals surface area contributed by atoms with Crippen molar-refractivity contribution >= 4 is 11.6 Å². The van der Waals surface area contributed by atoms with Gasteiger partial charge in [-0.2, -0.15) is 5.06 Å². The fourth-order valence-corrected chi connectivity index (χ4v) is 2.27. The lowest BCUT2D eigenvalue weighted by Crippen LogP contribution is -2.48. The van der Waals surface area contributed by atoms with Crippen LogP contribution < -0.4 is 10.8 Å². The number of benzene rings is 1. The van der Waals surface area contributed by atoms with E-state index in [4.69, 9.17) is 24.8 Å². The number of hydrogen-bond donors (Lipinski definition) is 1. The molecule has 0 saturated heterocycles. The minimum Gasteiger partial charge on any atom is -0.368 e. The molecule has 0 spiro atoms. The number of anilines is 1. The van der Waals surface area contributed by atoms with Crippen LogP contribution in [-0.2, 0) is 30.3 Å². The van der Waals surface area contributed by atoms with Crippen LogP contribution in [0.3, 0.4) is 0 Å². The first-order valence-electron chi connectivity index (χ1n) is 7.34. The molecule has 1 aliphatic heterocycles. The molecule has 1 aliphatic rings. The van der Waals surface area contributed by atoms with Crippen LogP contribution in [0.15, 0.2) is 24.3 Å². The van der Waals surface area contributed by atoms with Crippen LogP contribution in [0.25, 0.3) is 0 Å². The molecule has 0 aliphatic carbocycles. The summed E-state index contributed by atoms with van der Waals surface area (Å²) < 4.78 is 15.9. The molecule has 2 N–H and O–H groups in total. The SMILES string of the molecule is CCOC(OCN)ON1C(=O)[C@@H](OCC)Cc2ccccc21. The summed E-state index contributed by atoms with van der Waals surface area (Å²) in [6, 6.07) is 7.49. The normalized spacial score (nSPS) is 19.1. The van der Waals surface area contributed by atoms with Crippen LogP contribution in [0.2, 0.25) is 0 Å². The van der Waals surface area contributed by atoms with E-state index in [1.54, 1.807) is 13.0 Å². The van der Waals surface area contributed by atoms with Crippen molar-refractivity contribution in [1.29, 1.82) is 0 Å². The summed E-state index contributed by atoms with van der Waals surface area (Å²) in [7, 11) is 0. The number of amides is 1. The molecule has 1 heterocycles. The molecule has 0 aromatic heterocycles. The predicted octanol–water partition coefficient (Wildman–Crippen LogP) is 1.17. The number of hydroxylamine groups is 1. The molecule has 0 fully saturated rings. The lowest BCUT2D eigenvalue weighted by Gasteiger charge is -2.34. The molecule has 7 heteroatoms. The fraction of sp³-hybridized carbons (Fsp3) is 0.533. The molecule has 1 unspecified atom stereocenters. The standard InChI is InChI=1S/C15H22N2O5/c1-3-19-13-9-11-7-5-6-8-12(11)17(14(13)18)22-15(20-4-2)21-10-16/h5-8,13,15H,3-4,9-10,16H2,1-2H3/t13-,15?/m0/s1. The van der Waals surface area contributed by atoms with E-state index in [9.17, 15) is 4.79 Å². The van der Waals surface area contributed by atoms with Crippen molar-refractivity contribution in [3.05, 3.63) is 29.8 Å². The van der Waals surface area contributed by atoms with E-state index in [1.807, 2.05) is 25.1 Å². The highest BCUT2D eigenvalue weighted by atomic mass is 16.9. The van der Waals surface area contributed by atoms with Gasteiger partial charge in [-0.15, -0.1) is 0 Å². The van der Waals surface area contributed by atoms with Gasteiger partial charge in [-0.05, 0) is 25.5 Å². The van der Waals surface area contributed by atoms with Gasteiger partial charge in [-0.1, -0.05) is 18.2 Å². The Morgan fingerprint density at radius 1 is 1.27 bits per heavy atom. The van der Waals surface area contributed by atoms with Gasteiger partial charge in [0, 0.05) is 19.6 Å². The highest BCUT2D eigenvalue weighted by Gasteiger charge is 2.36. The maximum Gasteiger partial charge on any atom is 0.296 e. The minimum absolute atomic E-state index is 0.0801. The summed E-state index contributed by atoms with van der Waals surface area (Å²) in [6.07, 6.45) is -0.0696. The molecular weight excluding hydrogens is 288 g/mol. The molecule has 1 amide bonds.